The highest BCUT2D eigenvalue weighted by Gasteiger charge is 1.00. The third kappa shape index (κ3) is 12.2. The van der Waals surface area contributed by atoms with Gasteiger partial charge in [-0.1, -0.05) is 0 Å². The Bertz CT molecular complexity index is 8.00. The van der Waals surface area contributed by atoms with Gasteiger partial charge in [0.15, 0.2) is 0 Å². The molecule has 28 valence electrons. The first-order valence-electron chi connectivity index (χ1n) is 0.590. The number of hydrogen-bond donors (Lipinski definition) is 1. The fourth-order valence-electron chi connectivity index (χ4n) is 0. The van der Waals surface area contributed by atoms with E-state index in [9.17, 15) is 0 Å². The van der Waals surface area contributed by atoms with Gasteiger partial charge in [-0.05, 0) is 8.91 Å². The SMILES string of the molecule is CO.ClI. The largest absolute Gasteiger partial charge is 0.400 e. The van der Waals surface area contributed by atoms with Crippen LogP contribution in [0.5, 0.6) is 0 Å². The van der Waals surface area contributed by atoms with Crippen LogP contribution in [0.3, 0.4) is 0 Å². The van der Waals surface area contributed by atoms with Gasteiger partial charge < -0.3 is 5.11 Å². The second kappa shape index (κ2) is 36.8. The molecule has 0 rings (SSSR count). The van der Waals surface area contributed by atoms with Gasteiger partial charge in [0.2, 0.25) is 0 Å². The number of rotatable bonds is 0. The van der Waals surface area contributed by atoms with Crippen molar-refractivity contribution in [1.82, 2.24) is 0 Å². The van der Waals surface area contributed by atoms with E-state index in [0.29, 0.717) is 0 Å². The highest BCUT2D eigenvalue weighted by atomic mass is 127. The molecular weight excluding hydrogens is 190 g/mol. The average Bonchev–Trinajstić information content (AvgIpc) is 1.50. The molecule has 1 nitrogen and oxygen atoms in total. The Morgan fingerprint density at radius 1 is 1.50 bits per heavy atom. The summed E-state index contributed by atoms with van der Waals surface area (Å²) in [5.74, 6) is 0. The van der Waals surface area contributed by atoms with Crippen molar-refractivity contribution in [3.8, 4) is 0 Å². The minimum absolute atomic E-state index is 1.00. The number of aliphatic hydroxyl groups excluding tert-OH is 1. The van der Waals surface area contributed by atoms with Crippen molar-refractivity contribution in [3.05, 3.63) is 0 Å². The van der Waals surface area contributed by atoms with Crippen molar-refractivity contribution in [1.29, 1.82) is 0 Å². The molecule has 0 atom stereocenters. The molecule has 0 radical (unpaired) electrons. The van der Waals surface area contributed by atoms with E-state index in [1.54, 1.807) is 21.5 Å². The van der Waals surface area contributed by atoms with Crippen LogP contribution < -0.4 is 0 Å². The molecule has 0 amide bonds. The van der Waals surface area contributed by atoms with E-state index in [1.165, 1.54) is 0 Å². The Hall–Kier alpha value is 0.980. The molecule has 0 aliphatic carbocycles. The van der Waals surface area contributed by atoms with Crippen molar-refractivity contribution in [2.75, 3.05) is 7.11 Å². The van der Waals surface area contributed by atoms with Crippen LogP contribution in [0.25, 0.3) is 0 Å². The molecule has 0 saturated carbocycles. The topological polar surface area (TPSA) is 20.2 Å². The molecule has 0 unspecified atom stereocenters. The highest BCUT2D eigenvalue weighted by Crippen LogP contribution is 1.79. The Morgan fingerprint density at radius 2 is 1.50 bits per heavy atom. The fourth-order valence-corrected chi connectivity index (χ4v) is 0. The van der Waals surface area contributed by atoms with Crippen molar-refractivity contribution in [2.24, 2.45) is 0 Å². The van der Waals surface area contributed by atoms with Crippen molar-refractivity contribution >= 4 is 30.4 Å². The lowest BCUT2D eigenvalue weighted by molar-refractivity contribution is 0.399. The molecule has 0 fully saturated rings. The smallest absolute Gasteiger partial charge is 0.0425 e. The van der Waals surface area contributed by atoms with Gasteiger partial charge in [0.05, 0.1) is 0 Å². The summed E-state index contributed by atoms with van der Waals surface area (Å²) in [6.45, 7) is 0. The molecule has 0 saturated heterocycles. The lowest BCUT2D eigenvalue weighted by Crippen LogP contribution is -1.25. The molecule has 0 aliphatic rings. The molecule has 0 aromatic heterocycles. The second-order valence-corrected chi connectivity index (χ2v) is 0. The Balaban J connectivity index is 0. The van der Waals surface area contributed by atoms with Gasteiger partial charge in [-0.3, -0.25) is 0 Å². The molecule has 4 heavy (non-hydrogen) atoms. The second-order valence-electron chi connectivity index (χ2n) is 0. The van der Waals surface area contributed by atoms with Gasteiger partial charge in [0.25, 0.3) is 0 Å². The fraction of sp³-hybridized carbons (Fsp3) is 1.00. The van der Waals surface area contributed by atoms with Crippen LogP contribution in [0, 0.1) is 0 Å². The van der Waals surface area contributed by atoms with E-state index in [2.05, 4.69) is 8.91 Å². The lowest BCUT2D eigenvalue weighted by Gasteiger charge is -1.21. The molecular formula is CH4ClIO. The van der Waals surface area contributed by atoms with Crippen LogP contribution in [0.15, 0.2) is 0 Å². The summed E-state index contributed by atoms with van der Waals surface area (Å²) in [5.41, 5.74) is 0. The van der Waals surface area contributed by atoms with Crippen molar-refractivity contribution in [3.63, 3.8) is 0 Å². The summed E-state index contributed by atoms with van der Waals surface area (Å²) in [4.78, 5) is 0. The van der Waals surface area contributed by atoms with Gasteiger partial charge in [0, 0.05) is 28.6 Å². The number of hydrogen-bond acceptors (Lipinski definition) is 1. The zero-order valence-electron chi connectivity index (χ0n) is 2.20. The first-order valence-corrected chi connectivity index (χ1v) is 3.32. The lowest BCUT2D eigenvalue weighted by atomic mass is 11.8. The molecule has 0 aromatic rings. The van der Waals surface area contributed by atoms with Crippen LogP contribution in [0.1, 0.15) is 0 Å². The summed E-state index contributed by atoms with van der Waals surface area (Å²) in [5, 5.41) is 7.00. The summed E-state index contributed by atoms with van der Waals surface area (Å²) in [6.07, 6.45) is 0. The van der Waals surface area contributed by atoms with Crippen molar-refractivity contribution in [2.45, 2.75) is 0 Å². The van der Waals surface area contributed by atoms with Gasteiger partial charge in [-0.25, -0.2) is 0 Å². The summed E-state index contributed by atoms with van der Waals surface area (Å²) >= 11 is 1.62. The summed E-state index contributed by atoms with van der Waals surface area (Å²) in [7, 11) is 5.61. The summed E-state index contributed by atoms with van der Waals surface area (Å²) < 4.78 is 0. The van der Waals surface area contributed by atoms with Crippen LogP contribution in [-0.2, 0) is 0 Å². The standard InChI is InChI=1S/CH4O.ClI/c2*1-2/h2H,1H3;. The monoisotopic (exact) mass is 194 g/mol. The van der Waals surface area contributed by atoms with E-state index in [-0.39, 0.29) is 0 Å². The van der Waals surface area contributed by atoms with Crippen LogP contribution >= 0.6 is 30.4 Å². The minimum Gasteiger partial charge on any atom is -0.400 e. The first kappa shape index (κ1) is 8.88. The minimum atomic E-state index is 1.00. The maximum atomic E-state index is 7.00. The van der Waals surface area contributed by atoms with Gasteiger partial charge in [-0.15, -0.1) is 0 Å². The van der Waals surface area contributed by atoms with E-state index in [1.807, 2.05) is 0 Å². The highest BCUT2D eigenvalue weighted by molar-refractivity contribution is 14.1. The maximum absolute atomic E-state index is 7.00. The molecule has 1 N–H and O–H groups in total. The van der Waals surface area contributed by atoms with Crippen molar-refractivity contribution < 1.29 is 5.11 Å². The Kier molecular flexibility index (Phi) is 81.7. The molecule has 0 spiro atoms. The zero-order chi connectivity index (χ0) is 4.00. The van der Waals surface area contributed by atoms with Crippen LogP contribution in [0.2, 0.25) is 0 Å². The molecule has 0 heterocycles. The quantitative estimate of drug-likeness (QED) is 0.574. The molecule has 0 aliphatic heterocycles. The van der Waals surface area contributed by atoms with Crippen LogP contribution in [0.4, 0.5) is 0 Å². The maximum Gasteiger partial charge on any atom is 0.0425 e. The van der Waals surface area contributed by atoms with E-state index in [0.717, 1.165) is 7.11 Å². The van der Waals surface area contributed by atoms with E-state index < -0.39 is 0 Å². The van der Waals surface area contributed by atoms with Crippen LogP contribution in [-0.4, -0.2) is 12.2 Å². The normalized spacial score (nSPS) is 3.00. The zero-order valence-corrected chi connectivity index (χ0v) is 5.12. The molecule has 0 aromatic carbocycles. The summed E-state index contributed by atoms with van der Waals surface area (Å²) in [6, 6.07) is 0. The number of aliphatic hydroxyl groups is 1. The van der Waals surface area contributed by atoms with Gasteiger partial charge in [0.1, 0.15) is 0 Å². The predicted octanol–water partition coefficient (Wildman–Crippen LogP) is 1.18. The van der Waals surface area contributed by atoms with Gasteiger partial charge >= 0.3 is 0 Å². The van der Waals surface area contributed by atoms with E-state index in [4.69, 9.17) is 5.11 Å². The first-order chi connectivity index (χ1) is 2.00. The third-order valence-electron chi connectivity index (χ3n) is 0. The predicted molar refractivity (Wildman–Crippen MR) is 28.0 cm³/mol. The molecule has 0 bridgehead atoms. The van der Waals surface area contributed by atoms with E-state index >= 15 is 0 Å². The number of halogens is 2. The molecule has 3 heteroatoms. The average molecular weight is 194 g/mol. The van der Waals surface area contributed by atoms with Gasteiger partial charge in [-0.2, -0.15) is 0 Å². The Morgan fingerprint density at radius 3 is 1.50 bits per heavy atom. The third-order valence-corrected chi connectivity index (χ3v) is 0. The Labute approximate surface area is 42.8 Å².